The molecule has 0 bridgehead atoms. The van der Waals surface area contributed by atoms with E-state index in [0.717, 1.165) is 5.56 Å². The van der Waals surface area contributed by atoms with Gasteiger partial charge in [0.25, 0.3) is 0 Å². The quantitative estimate of drug-likeness (QED) is 0.839. The molecule has 0 fully saturated rings. The molecule has 2 aromatic rings. The molecule has 0 unspecified atom stereocenters. The van der Waals surface area contributed by atoms with Crippen LogP contribution in [0.15, 0.2) is 48.5 Å². The maximum Gasteiger partial charge on any atom is 0.241 e. The number of ether oxygens (including phenoxy) is 1. The van der Waals surface area contributed by atoms with Crippen molar-refractivity contribution in [3.8, 4) is 5.75 Å². The number of rotatable bonds is 6. The number of para-hydroxylation sites is 2. The van der Waals surface area contributed by atoms with E-state index >= 15 is 0 Å². The van der Waals surface area contributed by atoms with Gasteiger partial charge in [-0.15, -0.1) is 0 Å². The van der Waals surface area contributed by atoms with Crippen LogP contribution in [0.25, 0.3) is 0 Å². The minimum absolute atomic E-state index is 0.0330. The highest BCUT2D eigenvalue weighted by molar-refractivity contribution is 6.30. The van der Waals surface area contributed by atoms with Crippen molar-refractivity contribution in [2.75, 3.05) is 12.4 Å². The van der Waals surface area contributed by atoms with Crippen molar-refractivity contribution in [3.63, 3.8) is 0 Å². The van der Waals surface area contributed by atoms with Crippen molar-refractivity contribution in [2.45, 2.75) is 25.9 Å². The predicted molar refractivity (Wildman–Crippen MR) is 94.1 cm³/mol. The first-order valence-corrected chi connectivity index (χ1v) is 7.84. The van der Waals surface area contributed by atoms with Gasteiger partial charge in [-0.2, -0.15) is 0 Å². The summed E-state index contributed by atoms with van der Waals surface area (Å²) in [5.41, 5.74) is 1.74. The van der Waals surface area contributed by atoms with E-state index in [-0.39, 0.29) is 18.0 Å². The Kier molecular flexibility index (Phi) is 6.02. The number of halogens is 1. The Labute approximate surface area is 141 Å². The molecule has 5 heteroatoms. The minimum Gasteiger partial charge on any atom is -0.495 e. The van der Waals surface area contributed by atoms with Crippen LogP contribution in [0.4, 0.5) is 5.69 Å². The average molecular weight is 333 g/mol. The first-order chi connectivity index (χ1) is 11.0. The normalized spacial score (nSPS) is 13.2. The topological polar surface area (TPSA) is 50.4 Å². The van der Waals surface area contributed by atoms with Gasteiger partial charge in [0, 0.05) is 11.1 Å². The molecule has 2 atom stereocenters. The summed E-state index contributed by atoms with van der Waals surface area (Å²) in [6.07, 6.45) is 0. The number of hydrogen-bond donors (Lipinski definition) is 2. The minimum atomic E-state index is -0.356. The molecule has 1 amide bonds. The van der Waals surface area contributed by atoms with Crippen LogP contribution in [-0.2, 0) is 4.79 Å². The lowest BCUT2D eigenvalue weighted by Gasteiger charge is -2.20. The summed E-state index contributed by atoms with van der Waals surface area (Å²) in [4.78, 5) is 12.4. The van der Waals surface area contributed by atoms with Gasteiger partial charge >= 0.3 is 0 Å². The van der Waals surface area contributed by atoms with E-state index in [1.807, 2.05) is 62.4 Å². The van der Waals surface area contributed by atoms with Crippen LogP contribution in [0, 0.1) is 0 Å². The maximum atomic E-state index is 12.4. The van der Waals surface area contributed by atoms with Crippen molar-refractivity contribution in [1.29, 1.82) is 0 Å². The molecule has 0 aromatic heterocycles. The molecule has 23 heavy (non-hydrogen) atoms. The summed E-state index contributed by atoms with van der Waals surface area (Å²) < 4.78 is 5.24. The lowest BCUT2D eigenvalue weighted by molar-refractivity contribution is -0.117. The van der Waals surface area contributed by atoms with E-state index in [2.05, 4.69) is 10.6 Å². The van der Waals surface area contributed by atoms with E-state index in [4.69, 9.17) is 16.3 Å². The zero-order valence-corrected chi connectivity index (χ0v) is 14.2. The van der Waals surface area contributed by atoms with Gasteiger partial charge in [-0.1, -0.05) is 35.9 Å². The number of benzene rings is 2. The number of anilines is 1. The number of hydrogen-bond acceptors (Lipinski definition) is 3. The molecule has 0 saturated carbocycles. The molecular formula is C18H21ClN2O2. The Morgan fingerprint density at radius 3 is 2.39 bits per heavy atom. The monoisotopic (exact) mass is 332 g/mol. The molecule has 0 radical (unpaired) electrons. The van der Waals surface area contributed by atoms with Gasteiger partial charge < -0.3 is 10.1 Å². The molecular weight excluding hydrogens is 312 g/mol. The summed E-state index contributed by atoms with van der Waals surface area (Å²) in [5, 5.41) is 6.85. The zero-order chi connectivity index (χ0) is 16.8. The number of amides is 1. The highest BCUT2D eigenvalue weighted by atomic mass is 35.5. The van der Waals surface area contributed by atoms with Crippen LogP contribution in [-0.4, -0.2) is 19.1 Å². The fourth-order valence-corrected chi connectivity index (χ4v) is 2.41. The Balaban J connectivity index is 1.98. The van der Waals surface area contributed by atoms with Gasteiger partial charge in [0.2, 0.25) is 5.91 Å². The number of carbonyl (C=O) groups excluding carboxylic acids is 1. The number of methoxy groups -OCH3 is 1. The highest BCUT2D eigenvalue weighted by Crippen LogP contribution is 2.23. The first-order valence-electron chi connectivity index (χ1n) is 7.46. The summed E-state index contributed by atoms with van der Waals surface area (Å²) in [7, 11) is 1.58. The molecule has 4 nitrogen and oxygen atoms in total. The third-order valence-corrected chi connectivity index (χ3v) is 3.88. The fraction of sp³-hybridized carbons (Fsp3) is 0.278. The second kappa shape index (κ2) is 7.99. The average Bonchev–Trinajstić information content (AvgIpc) is 2.55. The first kappa shape index (κ1) is 17.3. The van der Waals surface area contributed by atoms with E-state index < -0.39 is 0 Å². The van der Waals surface area contributed by atoms with Crippen molar-refractivity contribution in [2.24, 2.45) is 0 Å². The summed E-state index contributed by atoms with van der Waals surface area (Å²) >= 11 is 5.89. The van der Waals surface area contributed by atoms with Gasteiger partial charge in [-0.3, -0.25) is 10.1 Å². The summed E-state index contributed by atoms with van der Waals surface area (Å²) in [6, 6.07) is 14.6. The SMILES string of the molecule is COc1ccccc1NC(=O)[C@H](C)N[C@@H](C)c1ccc(Cl)cc1. The Morgan fingerprint density at radius 2 is 1.74 bits per heavy atom. The number of carbonyl (C=O) groups is 1. The standard InChI is InChI=1S/C18H21ClN2O2/c1-12(14-8-10-15(19)11-9-14)20-13(2)18(22)21-16-6-4-5-7-17(16)23-3/h4-13,20H,1-3H3,(H,21,22)/t12-,13-/m0/s1. The highest BCUT2D eigenvalue weighted by Gasteiger charge is 2.17. The van der Waals surface area contributed by atoms with Crippen molar-refractivity contribution >= 4 is 23.2 Å². The largest absolute Gasteiger partial charge is 0.495 e. The van der Waals surface area contributed by atoms with E-state index in [9.17, 15) is 4.79 Å². The molecule has 2 rings (SSSR count). The molecule has 0 aliphatic rings. The van der Waals surface area contributed by atoms with Crippen molar-refractivity contribution < 1.29 is 9.53 Å². The zero-order valence-electron chi connectivity index (χ0n) is 13.5. The number of nitrogens with one attached hydrogen (secondary N) is 2. The van der Waals surface area contributed by atoms with Gasteiger partial charge in [0.1, 0.15) is 5.75 Å². The van der Waals surface area contributed by atoms with Crippen LogP contribution in [0.3, 0.4) is 0 Å². The van der Waals surface area contributed by atoms with Crippen molar-refractivity contribution in [3.05, 3.63) is 59.1 Å². The van der Waals surface area contributed by atoms with E-state index in [1.54, 1.807) is 7.11 Å². The fourth-order valence-electron chi connectivity index (χ4n) is 2.29. The molecule has 0 heterocycles. The Bertz CT molecular complexity index is 658. The van der Waals surface area contributed by atoms with Crippen LogP contribution >= 0.6 is 11.6 Å². The van der Waals surface area contributed by atoms with Gasteiger partial charge in [0.15, 0.2) is 0 Å². The van der Waals surface area contributed by atoms with Crippen LogP contribution < -0.4 is 15.4 Å². The predicted octanol–water partition coefficient (Wildman–Crippen LogP) is 4.03. The summed E-state index contributed by atoms with van der Waals surface area (Å²) in [6.45, 7) is 3.84. The molecule has 0 spiro atoms. The third kappa shape index (κ3) is 4.71. The molecule has 0 aliphatic heterocycles. The second-order valence-corrected chi connectivity index (χ2v) is 5.79. The molecule has 2 N–H and O–H groups in total. The molecule has 122 valence electrons. The van der Waals surface area contributed by atoms with E-state index in [0.29, 0.717) is 16.5 Å². The lowest BCUT2D eigenvalue weighted by atomic mass is 10.1. The second-order valence-electron chi connectivity index (χ2n) is 5.35. The van der Waals surface area contributed by atoms with Gasteiger partial charge in [-0.25, -0.2) is 0 Å². The van der Waals surface area contributed by atoms with Crippen LogP contribution in [0.5, 0.6) is 5.75 Å². The Hall–Kier alpha value is -2.04. The van der Waals surface area contributed by atoms with E-state index in [1.165, 1.54) is 0 Å². The van der Waals surface area contributed by atoms with Gasteiger partial charge in [0.05, 0.1) is 18.8 Å². The lowest BCUT2D eigenvalue weighted by Crippen LogP contribution is -2.39. The van der Waals surface area contributed by atoms with Crippen LogP contribution in [0.1, 0.15) is 25.5 Å². The Morgan fingerprint density at radius 1 is 1.09 bits per heavy atom. The third-order valence-electron chi connectivity index (χ3n) is 3.63. The summed E-state index contributed by atoms with van der Waals surface area (Å²) in [5.74, 6) is 0.522. The molecule has 2 aromatic carbocycles. The van der Waals surface area contributed by atoms with Gasteiger partial charge in [-0.05, 0) is 43.7 Å². The maximum absolute atomic E-state index is 12.4. The molecule has 0 aliphatic carbocycles. The smallest absolute Gasteiger partial charge is 0.241 e. The van der Waals surface area contributed by atoms with Crippen LogP contribution in [0.2, 0.25) is 5.02 Å². The van der Waals surface area contributed by atoms with Crippen molar-refractivity contribution in [1.82, 2.24) is 5.32 Å². The molecule has 0 saturated heterocycles.